The molecule has 86 valence electrons. The normalized spacial score (nSPS) is 24.0. The number of rotatable bonds is 3. The second-order valence-electron chi connectivity index (χ2n) is 3.76. The lowest BCUT2D eigenvalue weighted by Crippen LogP contribution is -2.39. The Kier molecular flexibility index (Phi) is 3.31. The zero-order chi connectivity index (χ0) is 11.5. The first-order valence-electron chi connectivity index (χ1n) is 5.10. The van der Waals surface area contributed by atoms with E-state index < -0.39 is 6.09 Å². The minimum Gasteiger partial charge on any atom is -0.444 e. The number of alkyl carbamates (subject to hydrolysis) is 1. The van der Waals surface area contributed by atoms with Crippen molar-refractivity contribution in [1.82, 2.24) is 5.32 Å². The molecule has 0 spiro atoms. The Bertz CT molecular complexity index is 380. The van der Waals surface area contributed by atoms with E-state index in [1.165, 1.54) is 0 Å². The first kappa shape index (κ1) is 11.2. The summed E-state index contributed by atoms with van der Waals surface area (Å²) in [5.41, 5.74) is 6.62. The van der Waals surface area contributed by atoms with E-state index in [0.29, 0.717) is 18.0 Å². The van der Waals surface area contributed by atoms with Crippen molar-refractivity contribution in [3.63, 3.8) is 0 Å². The second-order valence-corrected chi connectivity index (χ2v) is 4.20. The molecule has 3 N–H and O–H groups in total. The van der Waals surface area contributed by atoms with Gasteiger partial charge in [-0.15, -0.1) is 0 Å². The van der Waals surface area contributed by atoms with Gasteiger partial charge in [0.05, 0.1) is 6.04 Å². The summed E-state index contributed by atoms with van der Waals surface area (Å²) in [7, 11) is 0. The number of nitrogens with two attached hydrogens (primary N) is 1. The fraction of sp³-hybridized carbons (Fsp3) is 0.364. The van der Waals surface area contributed by atoms with Gasteiger partial charge in [-0.1, -0.05) is 23.7 Å². The van der Waals surface area contributed by atoms with Gasteiger partial charge in [0.2, 0.25) is 0 Å². The van der Waals surface area contributed by atoms with Gasteiger partial charge in [-0.2, -0.15) is 0 Å². The quantitative estimate of drug-likeness (QED) is 0.838. The summed E-state index contributed by atoms with van der Waals surface area (Å²) in [6.45, 7) is 0.379. The summed E-state index contributed by atoms with van der Waals surface area (Å²) in [6, 6.07) is 7.37. The summed E-state index contributed by atoms with van der Waals surface area (Å²) < 4.78 is 5.14. The van der Waals surface area contributed by atoms with Crippen LogP contribution in [0.25, 0.3) is 0 Å². The zero-order valence-electron chi connectivity index (χ0n) is 8.65. The van der Waals surface area contributed by atoms with Crippen molar-refractivity contribution >= 4 is 17.7 Å². The molecule has 5 heteroatoms. The van der Waals surface area contributed by atoms with Crippen molar-refractivity contribution in [1.29, 1.82) is 0 Å². The van der Waals surface area contributed by atoms with Gasteiger partial charge in [-0.05, 0) is 17.7 Å². The third-order valence-corrected chi connectivity index (χ3v) is 2.87. The number of nitrogens with one attached hydrogen (secondary N) is 1. The van der Waals surface area contributed by atoms with E-state index in [9.17, 15) is 4.79 Å². The smallest absolute Gasteiger partial charge is 0.407 e. The van der Waals surface area contributed by atoms with Crippen LogP contribution in [0, 0.1) is 0 Å². The second kappa shape index (κ2) is 4.72. The Hall–Kier alpha value is -1.26. The highest BCUT2D eigenvalue weighted by atomic mass is 35.5. The molecule has 1 saturated heterocycles. The molecule has 0 radical (unpaired) electrons. The Labute approximate surface area is 98.7 Å². The largest absolute Gasteiger partial charge is 0.444 e. The van der Waals surface area contributed by atoms with E-state index in [0.717, 1.165) is 5.56 Å². The molecule has 4 nitrogen and oxygen atoms in total. The van der Waals surface area contributed by atoms with E-state index in [1.807, 2.05) is 24.3 Å². The molecule has 1 aliphatic heterocycles. The van der Waals surface area contributed by atoms with Crippen LogP contribution < -0.4 is 11.1 Å². The number of carbonyl (C=O) groups excluding carboxylic acids is 1. The lowest BCUT2D eigenvalue weighted by atomic mass is 10.0. The molecule has 0 saturated carbocycles. The molecule has 0 aliphatic carbocycles. The van der Waals surface area contributed by atoms with E-state index in [4.69, 9.17) is 22.1 Å². The van der Waals surface area contributed by atoms with E-state index >= 15 is 0 Å². The molecule has 1 aromatic rings. The minimum atomic E-state index is -0.394. The first-order valence-corrected chi connectivity index (χ1v) is 5.48. The van der Waals surface area contributed by atoms with Crippen LogP contribution in [0.15, 0.2) is 24.3 Å². The fourth-order valence-corrected chi connectivity index (χ4v) is 1.87. The topological polar surface area (TPSA) is 64.3 Å². The molecule has 16 heavy (non-hydrogen) atoms. The van der Waals surface area contributed by atoms with Crippen LogP contribution in [0.5, 0.6) is 0 Å². The molecule has 1 aliphatic rings. The number of hydrogen-bond acceptors (Lipinski definition) is 3. The molecule has 1 heterocycles. The van der Waals surface area contributed by atoms with Crippen molar-refractivity contribution < 1.29 is 9.53 Å². The Morgan fingerprint density at radius 3 is 2.69 bits per heavy atom. The predicted molar refractivity (Wildman–Crippen MR) is 61.4 cm³/mol. The van der Waals surface area contributed by atoms with Gasteiger partial charge in [0, 0.05) is 18.0 Å². The van der Waals surface area contributed by atoms with E-state index in [2.05, 4.69) is 5.32 Å². The molecular formula is C11H13ClN2O2. The third-order valence-electron chi connectivity index (χ3n) is 2.61. The standard InChI is InChI=1S/C11H13ClN2O2/c12-8-3-1-7(2-4-8)5-10-9(6-13)14-11(15)16-10/h1-4,9-10H,5-6,13H2,(H,14,15). The highest BCUT2D eigenvalue weighted by Gasteiger charge is 2.32. The SMILES string of the molecule is NCC1NC(=O)OC1Cc1ccc(Cl)cc1. The monoisotopic (exact) mass is 240 g/mol. The van der Waals surface area contributed by atoms with Gasteiger partial charge in [0.25, 0.3) is 0 Å². The zero-order valence-corrected chi connectivity index (χ0v) is 9.41. The van der Waals surface area contributed by atoms with Crippen LogP contribution in [0.1, 0.15) is 5.56 Å². The van der Waals surface area contributed by atoms with Crippen LogP contribution >= 0.6 is 11.6 Å². The Balaban J connectivity index is 2.03. The summed E-state index contributed by atoms with van der Waals surface area (Å²) in [4.78, 5) is 11.1. The number of cyclic esters (lactones) is 1. The molecule has 1 aromatic carbocycles. The number of ether oxygens (including phenoxy) is 1. The Morgan fingerprint density at radius 2 is 2.06 bits per heavy atom. The number of halogens is 1. The van der Waals surface area contributed by atoms with Crippen molar-refractivity contribution in [3.05, 3.63) is 34.9 Å². The highest BCUT2D eigenvalue weighted by molar-refractivity contribution is 6.30. The van der Waals surface area contributed by atoms with Crippen LogP contribution in [0.4, 0.5) is 4.79 Å². The van der Waals surface area contributed by atoms with Gasteiger partial charge in [0.1, 0.15) is 6.10 Å². The maximum Gasteiger partial charge on any atom is 0.407 e. The Morgan fingerprint density at radius 1 is 1.38 bits per heavy atom. The van der Waals surface area contributed by atoms with Gasteiger partial charge in [-0.3, -0.25) is 0 Å². The summed E-state index contributed by atoms with van der Waals surface area (Å²) in [6.07, 6.45) is 0.0608. The van der Waals surface area contributed by atoms with Crippen molar-refractivity contribution in [3.8, 4) is 0 Å². The van der Waals surface area contributed by atoms with E-state index in [1.54, 1.807) is 0 Å². The molecular weight excluding hydrogens is 228 g/mol. The van der Waals surface area contributed by atoms with Crippen LogP contribution in [-0.4, -0.2) is 24.8 Å². The van der Waals surface area contributed by atoms with Crippen LogP contribution in [0.3, 0.4) is 0 Å². The van der Waals surface area contributed by atoms with Crippen LogP contribution in [-0.2, 0) is 11.2 Å². The van der Waals surface area contributed by atoms with Crippen molar-refractivity contribution in [2.24, 2.45) is 5.73 Å². The molecule has 0 bridgehead atoms. The maximum atomic E-state index is 11.1. The average molecular weight is 241 g/mol. The molecule has 2 atom stereocenters. The maximum absolute atomic E-state index is 11.1. The lowest BCUT2D eigenvalue weighted by molar-refractivity contribution is 0.132. The molecule has 2 rings (SSSR count). The van der Waals surface area contributed by atoms with Gasteiger partial charge >= 0.3 is 6.09 Å². The highest BCUT2D eigenvalue weighted by Crippen LogP contribution is 2.16. The number of amides is 1. The molecule has 2 unspecified atom stereocenters. The van der Waals surface area contributed by atoms with Gasteiger partial charge in [0.15, 0.2) is 0 Å². The summed E-state index contributed by atoms with van der Waals surface area (Å²) in [5, 5.41) is 3.37. The first-order chi connectivity index (χ1) is 7.69. The predicted octanol–water partition coefficient (Wildman–Crippen LogP) is 1.32. The fourth-order valence-electron chi connectivity index (χ4n) is 1.75. The number of carbonyl (C=O) groups is 1. The molecule has 0 aromatic heterocycles. The summed E-state index contributed by atoms with van der Waals surface area (Å²) >= 11 is 5.79. The summed E-state index contributed by atoms with van der Waals surface area (Å²) in [5.74, 6) is 0. The van der Waals surface area contributed by atoms with E-state index in [-0.39, 0.29) is 12.1 Å². The van der Waals surface area contributed by atoms with Gasteiger partial charge < -0.3 is 15.8 Å². The molecule has 1 amide bonds. The van der Waals surface area contributed by atoms with Gasteiger partial charge in [-0.25, -0.2) is 4.79 Å². The number of hydrogen-bond donors (Lipinski definition) is 2. The van der Waals surface area contributed by atoms with Crippen molar-refractivity contribution in [2.75, 3.05) is 6.54 Å². The molecule has 1 fully saturated rings. The van der Waals surface area contributed by atoms with Crippen molar-refractivity contribution in [2.45, 2.75) is 18.6 Å². The van der Waals surface area contributed by atoms with Crippen LogP contribution in [0.2, 0.25) is 5.02 Å². The number of benzene rings is 1. The average Bonchev–Trinajstić information content (AvgIpc) is 2.62. The third kappa shape index (κ3) is 2.46. The minimum absolute atomic E-state index is 0.108. The lowest BCUT2D eigenvalue weighted by Gasteiger charge is -2.14.